The molecule has 2 rings (SSSR count). The fourth-order valence-electron chi connectivity index (χ4n) is 2.07. The molecule has 0 saturated carbocycles. The molecular weight excluding hydrogens is 328 g/mol. The molecule has 0 unspecified atom stereocenters. The highest BCUT2D eigenvalue weighted by Crippen LogP contribution is 2.15. The van der Waals surface area contributed by atoms with Gasteiger partial charge in [-0.3, -0.25) is 9.52 Å². The fraction of sp³-hybridized carbons (Fsp3) is 0.235. The quantitative estimate of drug-likeness (QED) is 0.715. The van der Waals surface area contributed by atoms with Crippen LogP contribution in [0.3, 0.4) is 0 Å². The van der Waals surface area contributed by atoms with E-state index in [2.05, 4.69) is 10.0 Å². The van der Waals surface area contributed by atoms with Gasteiger partial charge in [0.25, 0.3) is 5.91 Å². The molecule has 2 aromatic carbocycles. The number of sulfonamides is 1. The van der Waals surface area contributed by atoms with Crippen molar-refractivity contribution in [1.82, 2.24) is 5.32 Å². The maximum Gasteiger partial charge on any atom is 0.253 e. The number of carbonyl (C=O) groups excluding carboxylic acids is 1. The van der Waals surface area contributed by atoms with Gasteiger partial charge in [-0.05, 0) is 17.7 Å². The number of benzene rings is 2. The van der Waals surface area contributed by atoms with Crippen LogP contribution in [0.1, 0.15) is 15.9 Å². The van der Waals surface area contributed by atoms with Crippen molar-refractivity contribution in [3.8, 4) is 0 Å². The Hall–Kier alpha value is -2.38. The molecule has 0 aromatic heterocycles. The summed E-state index contributed by atoms with van der Waals surface area (Å²) < 4.78 is 30.5. The molecule has 0 radical (unpaired) electrons. The van der Waals surface area contributed by atoms with Crippen LogP contribution in [0.5, 0.6) is 0 Å². The molecule has 0 fully saturated rings. The van der Waals surface area contributed by atoms with Crippen LogP contribution in [0.4, 0.5) is 5.69 Å². The second kappa shape index (κ2) is 8.47. The van der Waals surface area contributed by atoms with Crippen LogP contribution in [0, 0.1) is 0 Å². The third-order valence-electron chi connectivity index (χ3n) is 3.11. The molecule has 0 aliphatic rings. The first-order chi connectivity index (χ1) is 11.5. The van der Waals surface area contributed by atoms with E-state index in [1.165, 1.54) is 0 Å². The molecule has 24 heavy (non-hydrogen) atoms. The van der Waals surface area contributed by atoms with Crippen molar-refractivity contribution < 1.29 is 17.9 Å². The molecular formula is C17H20N2O4S. The minimum atomic E-state index is -3.45. The average molecular weight is 348 g/mol. The molecule has 1 amide bonds. The number of amides is 1. The predicted octanol–water partition coefficient (Wildman–Crippen LogP) is 2.00. The SMILES string of the molecule is CS(=O)(=O)Nc1ccccc1C(=O)NCCOCc1ccccc1. The Bertz CT molecular complexity index is 776. The maximum absolute atomic E-state index is 12.2. The summed E-state index contributed by atoms with van der Waals surface area (Å²) >= 11 is 0. The van der Waals surface area contributed by atoms with Crippen molar-refractivity contribution in [3.63, 3.8) is 0 Å². The highest BCUT2D eigenvalue weighted by Gasteiger charge is 2.13. The van der Waals surface area contributed by atoms with Crippen molar-refractivity contribution in [2.24, 2.45) is 0 Å². The zero-order valence-corrected chi connectivity index (χ0v) is 14.2. The number of rotatable bonds is 8. The molecule has 128 valence electrons. The van der Waals surface area contributed by atoms with E-state index < -0.39 is 10.0 Å². The van der Waals surface area contributed by atoms with Crippen molar-refractivity contribution in [3.05, 3.63) is 65.7 Å². The summed E-state index contributed by atoms with van der Waals surface area (Å²) in [7, 11) is -3.45. The van der Waals surface area contributed by atoms with Crippen LogP contribution in [-0.4, -0.2) is 33.7 Å². The Balaban J connectivity index is 1.82. The lowest BCUT2D eigenvalue weighted by atomic mass is 10.1. The Morgan fingerprint density at radius 3 is 2.42 bits per heavy atom. The van der Waals surface area contributed by atoms with E-state index in [0.29, 0.717) is 19.8 Å². The lowest BCUT2D eigenvalue weighted by Gasteiger charge is -2.11. The second-order valence-corrected chi connectivity index (χ2v) is 6.96. The van der Waals surface area contributed by atoms with Crippen molar-refractivity contribution in [2.75, 3.05) is 24.1 Å². The third-order valence-corrected chi connectivity index (χ3v) is 3.70. The smallest absolute Gasteiger partial charge is 0.253 e. The van der Waals surface area contributed by atoms with Gasteiger partial charge >= 0.3 is 0 Å². The lowest BCUT2D eigenvalue weighted by Crippen LogP contribution is -2.28. The summed E-state index contributed by atoms with van der Waals surface area (Å²) in [4.78, 5) is 12.2. The van der Waals surface area contributed by atoms with Crippen LogP contribution in [-0.2, 0) is 21.4 Å². The molecule has 0 bridgehead atoms. The van der Waals surface area contributed by atoms with Crippen molar-refractivity contribution >= 4 is 21.6 Å². The van der Waals surface area contributed by atoms with Crippen LogP contribution in [0.2, 0.25) is 0 Å². The van der Waals surface area contributed by atoms with Gasteiger partial charge in [-0.15, -0.1) is 0 Å². The first-order valence-electron chi connectivity index (χ1n) is 7.42. The van der Waals surface area contributed by atoms with E-state index in [1.54, 1.807) is 24.3 Å². The zero-order chi connectivity index (χ0) is 17.4. The summed E-state index contributed by atoms with van der Waals surface area (Å²) in [6.45, 7) is 1.17. The number of hydrogen-bond acceptors (Lipinski definition) is 4. The fourth-order valence-corrected chi connectivity index (χ4v) is 2.64. The van der Waals surface area contributed by atoms with Gasteiger partial charge in [0, 0.05) is 6.54 Å². The van der Waals surface area contributed by atoms with Crippen LogP contribution in [0.15, 0.2) is 54.6 Å². The molecule has 0 atom stereocenters. The van der Waals surface area contributed by atoms with Gasteiger partial charge in [0.1, 0.15) is 0 Å². The molecule has 6 nitrogen and oxygen atoms in total. The summed E-state index contributed by atoms with van der Waals surface area (Å²) in [5.74, 6) is -0.356. The molecule has 2 aromatic rings. The van der Waals surface area contributed by atoms with E-state index in [9.17, 15) is 13.2 Å². The number of hydrogen-bond donors (Lipinski definition) is 2. The van der Waals surface area contributed by atoms with Gasteiger partial charge in [-0.25, -0.2) is 8.42 Å². The third kappa shape index (κ3) is 6.02. The van der Waals surface area contributed by atoms with E-state index in [1.807, 2.05) is 30.3 Å². The van der Waals surface area contributed by atoms with Crippen LogP contribution < -0.4 is 10.0 Å². The molecule has 0 aliphatic heterocycles. The molecule has 7 heteroatoms. The van der Waals surface area contributed by atoms with E-state index in [0.717, 1.165) is 11.8 Å². The summed E-state index contributed by atoms with van der Waals surface area (Å²) in [5.41, 5.74) is 1.58. The van der Waals surface area contributed by atoms with E-state index in [-0.39, 0.29) is 17.2 Å². The van der Waals surface area contributed by atoms with Crippen LogP contribution >= 0.6 is 0 Å². The molecule has 0 saturated heterocycles. The van der Waals surface area contributed by atoms with Gasteiger partial charge in [0.15, 0.2) is 0 Å². The van der Waals surface area contributed by atoms with Gasteiger partial charge in [0.05, 0.1) is 30.7 Å². The monoisotopic (exact) mass is 348 g/mol. The Morgan fingerprint density at radius 2 is 1.71 bits per heavy atom. The normalized spacial score (nSPS) is 11.0. The Morgan fingerprint density at radius 1 is 1.04 bits per heavy atom. The van der Waals surface area contributed by atoms with Gasteiger partial charge < -0.3 is 10.1 Å². The number of anilines is 1. The van der Waals surface area contributed by atoms with Crippen molar-refractivity contribution in [1.29, 1.82) is 0 Å². The molecule has 0 spiro atoms. The minimum absolute atomic E-state index is 0.253. The predicted molar refractivity (Wildman–Crippen MR) is 93.3 cm³/mol. The largest absolute Gasteiger partial charge is 0.375 e. The maximum atomic E-state index is 12.2. The van der Waals surface area contributed by atoms with Crippen LogP contribution in [0.25, 0.3) is 0 Å². The first kappa shape index (κ1) is 18.0. The van der Waals surface area contributed by atoms with Gasteiger partial charge in [0.2, 0.25) is 10.0 Å². The molecule has 0 heterocycles. The van der Waals surface area contributed by atoms with E-state index >= 15 is 0 Å². The number of carbonyl (C=O) groups is 1. The second-order valence-electron chi connectivity index (χ2n) is 5.21. The average Bonchev–Trinajstić information content (AvgIpc) is 2.54. The lowest BCUT2D eigenvalue weighted by molar-refractivity contribution is 0.0901. The molecule has 0 aliphatic carbocycles. The minimum Gasteiger partial charge on any atom is -0.375 e. The Labute approximate surface area is 141 Å². The summed E-state index contributed by atoms with van der Waals surface area (Å²) in [5, 5.41) is 2.71. The summed E-state index contributed by atoms with van der Waals surface area (Å²) in [6, 6.07) is 16.2. The highest BCUT2D eigenvalue weighted by molar-refractivity contribution is 7.92. The number of ether oxygens (including phenoxy) is 1. The summed E-state index contributed by atoms with van der Waals surface area (Å²) in [6.07, 6.45) is 1.04. The number of para-hydroxylation sites is 1. The topological polar surface area (TPSA) is 84.5 Å². The zero-order valence-electron chi connectivity index (χ0n) is 13.4. The number of nitrogens with one attached hydrogen (secondary N) is 2. The van der Waals surface area contributed by atoms with Crippen molar-refractivity contribution in [2.45, 2.75) is 6.61 Å². The standard InChI is InChI=1S/C17H20N2O4S/c1-24(21,22)19-16-10-6-5-9-15(16)17(20)18-11-12-23-13-14-7-3-2-4-8-14/h2-10,19H,11-13H2,1H3,(H,18,20). The first-order valence-corrected chi connectivity index (χ1v) is 9.31. The Kier molecular flexibility index (Phi) is 6.34. The molecule has 2 N–H and O–H groups in total. The highest BCUT2D eigenvalue weighted by atomic mass is 32.2. The van der Waals surface area contributed by atoms with Gasteiger partial charge in [-0.2, -0.15) is 0 Å². The van der Waals surface area contributed by atoms with E-state index in [4.69, 9.17) is 4.74 Å². The van der Waals surface area contributed by atoms with Gasteiger partial charge in [-0.1, -0.05) is 42.5 Å².